The predicted molar refractivity (Wildman–Crippen MR) is 80.6 cm³/mol. The molecule has 1 fully saturated rings. The molecule has 0 spiro atoms. The molecule has 2 nitrogen and oxygen atoms in total. The Morgan fingerprint density at radius 3 is 2.84 bits per heavy atom. The van der Waals surface area contributed by atoms with E-state index in [9.17, 15) is 0 Å². The lowest BCUT2D eigenvalue weighted by Gasteiger charge is -2.08. The van der Waals surface area contributed by atoms with Crippen molar-refractivity contribution in [3.63, 3.8) is 0 Å². The summed E-state index contributed by atoms with van der Waals surface area (Å²) in [5, 5.41) is 0.851. The largest absolute Gasteiger partial charge is 0.241 e. The average Bonchev–Trinajstić information content (AvgIpc) is 3.23. The van der Waals surface area contributed by atoms with Crippen molar-refractivity contribution in [3.05, 3.63) is 58.7 Å². The summed E-state index contributed by atoms with van der Waals surface area (Å²) in [4.78, 5) is 9.29. The molecule has 0 amide bonds. The molecule has 0 unspecified atom stereocenters. The Balaban J connectivity index is 1.87. The molecule has 0 N–H and O–H groups in total. The number of benzene rings is 1. The minimum Gasteiger partial charge on any atom is -0.241 e. The van der Waals surface area contributed by atoms with Crippen LogP contribution in [0.4, 0.5) is 0 Å². The summed E-state index contributed by atoms with van der Waals surface area (Å²) in [7, 11) is 0. The van der Waals surface area contributed by atoms with Crippen molar-refractivity contribution in [3.8, 4) is 0 Å². The summed E-state index contributed by atoms with van der Waals surface area (Å²) >= 11 is 3.53. The van der Waals surface area contributed by atoms with Crippen molar-refractivity contribution in [2.45, 2.75) is 37.4 Å². The van der Waals surface area contributed by atoms with Crippen LogP contribution in [-0.2, 0) is 11.8 Å². The van der Waals surface area contributed by atoms with Gasteiger partial charge in [0.15, 0.2) is 0 Å². The van der Waals surface area contributed by atoms with E-state index in [1.165, 1.54) is 35.2 Å². The Morgan fingerprint density at radius 1 is 1.32 bits per heavy atom. The van der Waals surface area contributed by atoms with Crippen LogP contribution >= 0.6 is 15.9 Å². The third kappa shape index (κ3) is 3.03. The first kappa shape index (κ1) is 12.8. The molecule has 1 heterocycles. The Bertz CT molecular complexity index is 591. The van der Waals surface area contributed by atoms with Gasteiger partial charge >= 0.3 is 0 Å². The second-order valence-corrected chi connectivity index (χ2v) is 5.83. The molecular weight excluding hydrogens is 300 g/mol. The second kappa shape index (κ2) is 5.41. The number of hydrogen-bond acceptors (Lipinski definition) is 2. The maximum Gasteiger partial charge on any atom is 0.132 e. The molecule has 1 aliphatic rings. The van der Waals surface area contributed by atoms with E-state index >= 15 is 0 Å². The SMILES string of the molecule is Cc1cccc(Cc2ncc(CBr)c(C3CC3)n2)c1. The van der Waals surface area contributed by atoms with Gasteiger partial charge in [-0.15, -0.1) is 0 Å². The highest BCUT2D eigenvalue weighted by Gasteiger charge is 2.27. The summed E-state index contributed by atoms with van der Waals surface area (Å²) in [6.07, 6.45) is 5.37. The molecule has 1 aromatic carbocycles. The van der Waals surface area contributed by atoms with Gasteiger partial charge in [-0.05, 0) is 25.3 Å². The van der Waals surface area contributed by atoms with Crippen molar-refractivity contribution in [2.24, 2.45) is 0 Å². The molecule has 1 saturated carbocycles. The Morgan fingerprint density at radius 2 is 2.16 bits per heavy atom. The van der Waals surface area contributed by atoms with Crippen LogP contribution in [-0.4, -0.2) is 9.97 Å². The van der Waals surface area contributed by atoms with Gasteiger partial charge in [0.1, 0.15) is 5.82 Å². The van der Waals surface area contributed by atoms with Gasteiger partial charge in [0, 0.05) is 29.4 Å². The molecular formula is C16H17BrN2. The summed E-state index contributed by atoms with van der Waals surface area (Å²) in [6.45, 7) is 2.12. The molecule has 3 heteroatoms. The van der Waals surface area contributed by atoms with Crippen molar-refractivity contribution < 1.29 is 0 Å². The minimum absolute atomic E-state index is 0.673. The zero-order valence-corrected chi connectivity index (χ0v) is 12.7. The van der Waals surface area contributed by atoms with Crippen LogP contribution in [0.5, 0.6) is 0 Å². The lowest BCUT2D eigenvalue weighted by Crippen LogP contribution is -2.03. The highest BCUT2D eigenvalue weighted by Crippen LogP contribution is 2.40. The molecule has 1 aliphatic carbocycles. The Hall–Kier alpha value is -1.22. The highest BCUT2D eigenvalue weighted by molar-refractivity contribution is 9.08. The fourth-order valence-corrected chi connectivity index (χ4v) is 2.79. The maximum absolute atomic E-state index is 4.79. The fourth-order valence-electron chi connectivity index (χ4n) is 2.36. The van der Waals surface area contributed by atoms with Crippen molar-refractivity contribution in [1.29, 1.82) is 0 Å². The zero-order valence-electron chi connectivity index (χ0n) is 11.1. The number of aryl methyl sites for hydroxylation is 1. The third-order valence-corrected chi connectivity index (χ3v) is 4.10. The van der Waals surface area contributed by atoms with Crippen LogP contribution < -0.4 is 0 Å². The van der Waals surface area contributed by atoms with Crippen LogP contribution in [0.25, 0.3) is 0 Å². The van der Waals surface area contributed by atoms with Crippen LogP contribution in [0, 0.1) is 6.92 Å². The molecule has 3 rings (SSSR count). The average molecular weight is 317 g/mol. The summed E-state index contributed by atoms with van der Waals surface area (Å²) < 4.78 is 0. The zero-order chi connectivity index (χ0) is 13.2. The van der Waals surface area contributed by atoms with Gasteiger partial charge in [-0.3, -0.25) is 0 Å². The number of alkyl halides is 1. The molecule has 0 saturated heterocycles. The van der Waals surface area contributed by atoms with E-state index in [0.29, 0.717) is 5.92 Å². The maximum atomic E-state index is 4.79. The van der Waals surface area contributed by atoms with Crippen molar-refractivity contribution >= 4 is 15.9 Å². The van der Waals surface area contributed by atoms with Crippen LogP contribution in [0.1, 0.15) is 47.0 Å². The number of hydrogen-bond donors (Lipinski definition) is 0. The Labute approximate surface area is 122 Å². The van der Waals surface area contributed by atoms with E-state index in [1.807, 2.05) is 6.20 Å². The molecule has 2 aromatic rings. The van der Waals surface area contributed by atoms with Crippen LogP contribution in [0.3, 0.4) is 0 Å². The molecule has 0 atom stereocenters. The number of nitrogens with zero attached hydrogens (tertiary/aromatic N) is 2. The molecule has 0 bridgehead atoms. The predicted octanol–water partition coefficient (Wildman–Crippen LogP) is 4.15. The number of halogens is 1. The van der Waals surface area contributed by atoms with Crippen LogP contribution in [0.2, 0.25) is 0 Å². The quantitative estimate of drug-likeness (QED) is 0.792. The Kier molecular flexibility index (Phi) is 3.65. The first-order chi connectivity index (χ1) is 9.26. The number of rotatable bonds is 4. The second-order valence-electron chi connectivity index (χ2n) is 5.27. The van der Waals surface area contributed by atoms with E-state index in [4.69, 9.17) is 4.98 Å². The smallest absolute Gasteiger partial charge is 0.132 e. The standard InChI is InChI=1S/C16H17BrN2/c1-11-3-2-4-12(7-11)8-15-18-10-14(9-17)16(19-15)13-5-6-13/h2-4,7,10,13H,5-6,8-9H2,1H3. The van der Waals surface area contributed by atoms with Crippen molar-refractivity contribution in [1.82, 2.24) is 9.97 Å². The molecule has 1 aromatic heterocycles. The molecule has 0 aliphatic heterocycles. The van der Waals surface area contributed by atoms with Crippen LogP contribution in [0.15, 0.2) is 30.5 Å². The number of aromatic nitrogens is 2. The van der Waals surface area contributed by atoms with E-state index in [-0.39, 0.29) is 0 Å². The fraction of sp³-hybridized carbons (Fsp3) is 0.375. The van der Waals surface area contributed by atoms with E-state index < -0.39 is 0 Å². The topological polar surface area (TPSA) is 25.8 Å². The lowest BCUT2D eigenvalue weighted by atomic mass is 10.1. The van der Waals surface area contributed by atoms with Gasteiger partial charge < -0.3 is 0 Å². The molecule has 98 valence electrons. The highest BCUT2D eigenvalue weighted by atomic mass is 79.9. The first-order valence-corrected chi connectivity index (χ1v) is 7.84. The first-order valence-electron chi connectivity index (χ1n) is 6.72. The monoisotopic (exact) mass is 316 g/mol. The van der Waals surface area contributed by atoms with E-state index in [0.717, 1.165) is 17.6 Å². The minimum atomic E-state index is 0.673. The van der Waals surface area contributed by atoms with Crippen molar-refractivity contribution in [2.75, 3.05) is 0 Å². The van der Waals surface area contributed by atoms with E-state index in [1.54, 1.807) is 0 Å². The summed E-state index contributed by atoms with van der Waals surface area (Å²) in [5.41, 5.74) is 5.08. The molecule has 0 radical (unpaired) electrons. The van der Waals surface area contributed by atoms with Gasteiger partial charge in [-0.2, -0.15) is 0 Å². The van der Waals surface area contributed by atoms with Gasteiger partial charge in [0.2, 0.25) is 0 Å². The van der Waals surface area contributed by atoms with Gasteiger partial charge in [0.05, 0.1) is 5.69 Å². The molecule has 19 heavy (non-hydrogen) atoms. The summed E-state index contributed by atoms with van der Waals surface area (Å²) in [6, 6.07) is 8.57. The van der Waals surface area contributed by atoms with Gasteiger partial charge in [-0.25, -0.2) is 9.97 Å². The normalized spacial score (nSPS) is 14.6. The van der Waals surface area contributed by atoms with Gasteiger partial charge in [-0.1, -0.05) is 45.8 Å². The van der Waals surface area contributed by atoms with E-state index in [2.05, 4.69) is 52.1 Å². The summed E-state index contributed by atoms with van der Waals surface area (Å²) in [5.74, 6) is 1.61. The lowest BCUT2D eigenvalue weighted by molar-refractivity contribution is 0.879. The van der Waals surface area contributed by atoms with Gasteiger partial charge in [0.25, 0.3) is 0 Å². The third-order valence-electron chi connectivity index (χ3n) is 3.50.